The van der Waals surface area contributed by atoms with E-state index in [4.69, 9.17) is 4.74 Å². The Morgan fingerprint density at radius 3 is 2.18 bits per heavy atom. The first-order valence-corrected chi connectivity index (χ1v) is 8.23. The van der Waals surface area contributed by atoms with Crippen LogP contribution in [0, 0.1) is 0 Å². The van der Waals surface area contributed by atoms with E-state index in [1.807, 2.05) is 6.92 Å². The molecule has 0 aliphatic heterocycles. The Labute approximate surface area is 126 Å². The van der Waals surface area contributed by atoms with Crippen LogP contribution in [0.2, 0.25) is 0 Å². The zero-order valence-electron chi connectivity index (χ0n) is 12.1. The van der Waals surface area contributed by atoms with Crippen LogP contribution in [0.4, 0.5) is 17.6 Å². The first-order valence-electron chi connectivity index (χ1n) is 6.82. The summed E-state index contributed by atoms with van der Waals surface area (Å²) in [6.45, 7) is 1.72. The molecular weight excluding hydrogens is 332 g/mol. The summed E-state index contributed by atoms with van der Waals surface area (Å²) in [6.07, 6.45) is 0.454. The molecule has 0 aromatic heterocycles. The lowest BCUT2D eigenvalue weighted by Gasteiger charge is -2.28. The van der Waals surface area contributed by atoms with E-state index in [-0.39, 0.29) is 19.4 Å². The van der Waals surface area contributed by atoms with Gasteiger partial charge in [0, 0.05) is 12.8 Å². The Hall–Kier alpha value is -0.900. The highest BCUT2D eigenvalue weighted by molar-refractivity contribution is 7.86. The van der Waals surface area contributed by atoms with E-state index in [0.717, 1.165) is 12.8 Å². The van der Waals surface area contributed by atoms with Crippen molar-refractivity contribution >= 4 is 16.1 Å². The third kappa shape index (κ3) is 6.47. The fourth-order valence-corrected chi connectivity index (χ4v) is 2.02. The quantitative estimate of drug-likeness (QED) is 0.247. The van der Waals surface area contributed by atoms with Gasteiger partial charge in [-0.25, -0.2) is 8.42 Å². The minimum Gasteiger partial charge on any atom is -0.743 e. The summed E-state index contributed by atoms with van der Waals surface area (Å²) < 4.78 is 86.8. The van der Waals surface area contributed by atoms with Gasteiger partial charge in [0.2, 0.25) is 0 Å². The standard InChI is InChI=1S/C12H20F4O5S/c1-2-3-4-7-10(17)21-9-6-5-8-11(13,14)12(15,16)22(18,19)20/h2-9H2,1H3,(H,18,19,20)/p-1. The number of carbonyl (C=O) groups excluding carboxylic acids is 1. The molecule has 132 valence electrons. The summed E-state index contributed by atoms with van der Waals surface area (Å²) in [6, 6.07) is 0. The van der Waals surface area contributed by atoms with Crippen molar-refractivity contribution in [1.29, 1.82) is 0 Å². The summed E-state index contributed by atoms with van der Waals surface area (Å²) >= 11 is 0. The van der Waals surface area contributed by atoms with Crippen molar-refractivity contribution in [2.24, 2.45) is 0 Å². The van der Waals surface area contributed by atoms with Gasteiger partial charge in [0.25, 0.3) is 0 Å². The third-order valence-corrected chi connectivity index (χ3v) is 3.80. The van der Waals surface area contributed by atoms with Gasteiger partial charge >= 0.3 is 17.1 Å². The highest BCUT2D eigenvalue weighted by atomic mass is 32.2. The van der Waals surface area contributed by atoms with Crippen molar-refractivity contribution in [3.8, 4) is 0 Å². The molecule has 0 spiro atoms. The third-order valence-electron chi connectivity index (χ3n) is 2.87. The number of carbonyl (C=O) groups is 1. The average Bonchev–Trinajstić information content (AvgIpc) is 2.37. The maximum Gasteiger partial charge on any atom is 0.396 e. The SMILES string of the molecule is CCCCCC(=O)OCCCCC(F)(F)C(F)(F)S(=O)(=O)[O-]. The zero-order chi connectivity index (χ0) is 17.4. The van der Waals surface area contributed by atoms with E-state index in [1.165, 1.54) is 0 Å². The molecular formula is C12H19F4O5S-. The number of halogens is 4. The Morgan fingerprint density at radius 2 is 1.68 bits per heavy atom. The fourth-order valence-electron chi connectivity index (χ4n) is 1.55. The van der Waals surface area contributed by atoms with Gasteiger partial charge in [0.05, 0.1) is 6.61 Å². The molecule has 0 bridgehead atoms. The monoisotopic (exact) mass is 351 g/mol. The second kappa shape index (κ2) is 8.66. The predicted molar refractivity (Wildman–Crippen MR) is 68.5 cm³/mol. The Morgan fingerprint density at radius 1 is 1.09 bits per heavy atom. The summed E-state index contributed by atoms with van der Waals surface area (Å²) in [5.74, 6) is -5.47. The molecule has 0 rings (SSSR count). The van der Waals surface area contributed by atoms with Crippen molar-refractivity contribution in [2.45, 2.75) is 63.0 Å². The second-order valence-electron chi connectivity index (χ2n) is 4.81. The molecule has 0 unspecified atom stereocenters. The van der Waals surface area contributed by atoms with Gasteiger partial charge in [0.15, 0.2) is 10.1 Å². The molecule has 0 aromatic carbocycles. The average molecular weight is 351 g/mol. The van der Waals surface area contributed by atoms with Gasteiger partial charge in [-0.15, -0.1) is 0 Å². The van der Waals surface area contributed by atoms with Crippen molar-refractivity contribution in [3.05, 3.63) is 0 Å². The van der Waals surface area contributed by atoms with Crippen molar-refractivity contribution in [1.82, 2.24) is 0 Å². The van der Waals surface area contributed by atoms with Crippen LogP contribution in [0.15, 0.2) is 0 Å². The zero-order valence-corrected chi connectivity index (χ0v) is 12.9. The number of unbranched alkanes of at least 4 members (excludes halogenated alkanes) is 3. The number of hydrogen-bond acceptors (Lipinski definition) is 5. The maximum absolute atomic E-state index is 13.1. The van der Waals surface area contributed by atoms with E-state index in [2.05, 4.69) is 0 Å². The number of ether oxygens (including phenoxy) is 1. The molecule has 0 atom stereocenters. The molecule has 0 aliphatic carbocycles. The highest BCUT2D eigenvalue weighted by Gasteiger charge is 2.60. The molecule has 5 nitrogen and oxygen atoms in total. The van der Waals surface area contributed by atoms with Gasteiger partial charge in [-0.05, 0) is 19.3 Å². The molecule has 22 heavy (non-hydrogen) atoms. The molecule has 0 heterocycles. The van der Waals surface area contributed by atoms with E-state index >= 15 is 0 Å². The number of esters is 1. The van der Waals surface area contributed by atoms with E-state index < -0.39 is 40.1 Å². The minimum absolute atomic E-state index is 0.135. The molecule has 0 N–H and O–H groups in total. The molecule has 0 aliphatic rings. The van der Waals surface area contributed by atoms with Crippen LogP contribution < -0.4 is 0 Å². The van der Waals surface area contributed by atoms with Gasteiger partial charge < -0.3 is 9.29 Å². The van der Waals surface area contributed by atoms with E-state index in [1.54, 1.807) is 0 Å². The van der Waals surface area contributed by atoms with Gasteiger partial charge in [0.1, 0.15) is 0 Å². The molecule has 0 radical (unpaired) electrons. The molecule has 0 aromatic rings. The Bertz CT molecular complexity index is 450. The van der Waals surface area contributed by atoms with Crippen molar-refractivity contribution in [3.63, 3.8) is 0 Å². The van der Waals surface area contributed by atoms with Crippen LogP contribution in [-0.4, -0.2) is 36.7 Å². The van der Waals surface area contributed by atoms with Gasteiger partial charge in [-0.2, -0.15) is 17.6 Å². The largest absolute Gasteiger partial charge is 0.743 e. The van der Waals surface area contributed by atoms with E-state index in [9.17, 15) is 35.3 Å². The first-order chi connectivity index (χ1) is 9.95. The summed E-state index contributed by atoms with van der Waals surface area (Å²) in [5, 5.41) is -5.66. The first kappa shape index (κ1) is 21.1. The predicted octanol–water partition coefficient (Wildman–Crippen LogP) is 3.05. The molecule has 0 saturated heterocycles. The lowest BCUT2D eigenvalue weighted by molar-refractivity contribution is -0.165. The smallest absolute Gasteiger partial charge is 0.396 e. The molecule has 0 saturated carbocycles. The molecule has 0 fully saturated rings. The number of hydrogen-bond donors (Lipinski definition) is 0. The van der Waals surface area contributed by atoms with Gasteiger partial charge in [-0.3, -0.25) is 4.79 Å². The van der Waals surface area contributed by atoms with E-state index in [0.29, 0.717) is 6.42 Å². The van der Waals surface area contributed by atoms with Gasteiger partial charge in [-0.1, -0.05) is 19.8 Å². The Kier molecular flexibility index (Phi) is 8.30. The number of rotatable bonds is 11. The van der Waals surface area contributed by atoms with Crippen molar-refractivity contribution in [2.75, 3.05) is 6.61 Å². The van der Waals surface area contributed by atoms with Crippen LogP contribution >= 0.6 is 0 Å². The van der Waals surface area contributed by atoms with Crippen LogP contribution in [0.5, 0.6) is 0 Å². The molecule has 10 heteroatoms. The minimum atomic E-state index is -6.45. The van der Waals surface area contributed by atoms with Crippen LogP contribution in [0.3, 0.4) is 0 Å². The van der Waals surface area contributed by atoms with Crippen LogP contribution in [0.1, 0.15) is 51.9 Å². The topological polar surface area (TPSA) is 83.5 Å². The summed E-state index contributed by atoms with van der Waals surface area (Å²) in [4.78, 5) is 11.2. The van der Waals surface area contributed by atoms with Crippen molar-refractivity contribution < 1.29 is 40.1 Å². The number of alkyl halides is 4. The normalized spacial score (nSPS) is 13.2. The van der Waals surface area contributed by atoms with Crippen LogP contribution in [0.25, 0.3) is 0 Å². The highest BCUT2D eigenvalue weighted by Crippen LogP contribution is 2.41. The maximum atomic E-state index is 13.1. The Balaban J connectivity index is 4.08. The summed E-state index contributed by atoms with van der Waals surface area (Å²) in [7, 11) is -6.45. The molecule has 0 amide bonds. The summed E-state index contributed by atoms with van der Waals surface area (Å²) in [5.41, 5.74) is 0. The lowest BCUT2D eigenvalue weighted by Crippen LogP contribution is -2.46. The lowest BCUT2D eigenvalue weighted by atomic mass is 10.1. The second-order valence-corrected chi connectivity index (χ2v) is 6.23. The van der Waals surface area contributed by atoms with Crippen LogP contribution in [-0.2, 0) is 19.6 Å². The fraction of sp³-hybridized carbons (Fsp3) is 0.917.